The van der Waals surface area contributed by atoms with Crippen LogP contribution in [-0.4, -0.2) is 11.6 Å². The molecule has 0 aliphatic rings. The fourth-order valence-corrected chi connectivity index (χ4v) is 4.53. The first-order valence-electron chi connectivity index (χ1n) is 11.9. The summed E-state index contributed by atoms with van der Waals surface area (Å²) < 4.78 is 42.9. The molecular formula is C31H26F3N3O. The van der Waals surface area contributed by atoms with Gasteiger partial charge in [-0.1, -0.05) is 72.8 Å². The number of pyridine rings is 1. The number of nitrogens with one attached hydrogen (secondary N) is 1. The van der Waals surface area contributed by atoms with Crippen LogP contribution >= 0.6 is 0 Å². The molecule has 0 saturated carbocycles. The van der Waals surface area contributed by atoms with Gasteiger partial charge in [0.2, 0.25) is 0 Å². The normalized spacial score (nSPS) is 11.2. The molecule has 0 unspecified atom stereocenters. The van der Waals surface area contributed by atoms with Gasteiger partial charge in [-0.3, -0.25) is 4.79 Å². The van der Waals surface area contributed by atoms with Crippen molar-refractivity contribution in [3.63, 3.8) is 0 Å². The predicted molar refractivity (Wildman–Crippen MR) is 146 cm³/mol. The number of rotatable bonds is 6. The number of nitrogens with zero attached hydrogens (tertiary/aromatic N) is 2. The topological polar surface area (TPSA) is 57.8 Å². The van der Waals surface area contributed by atoms with Crippen molar-refractivity contribution in [2.24, 2.45) is 0 Å². The van der Waals surface area contributed by atoms with Crippen LogP contribution in [0.25, 0.3) is 28.5 Å². The van der Waals surface area contributed by atoms with E-state index in [1.165, 1.54) is 10.6 Å². The molecule has 7 heteroatoms. The Morgan fingerprint density at radius 1 is 0.974 bits per heavy atom. The lowest BCUT2D eigenvalue weighted by Gasteiger charge is -2.19. The highest BCUT2D eigenvalue weighted by molar-refractivity contribution is 5.76. The maximum atomic E-state index is 13.9. The summed E-state index contributed by atoms with van der Waals surface area (Å²) in [7, 11) is 1.81. The van der Waals surface area contributed by atoms with Crippen molar-refractivity contribution in [3.8, 4) is 28.5 Å². The number of halogens is 3. The van der Waals surface area contributed by atoms with Gasteiger partial charge in [0.05, 0.1) is 17.8 Å². The lowest BCUT2D eigenvalue weighted by atomic mass is 9.98. The van der Waals surface area contributed by atoms with Gasteiger partial charge in [0.15, 0.2) is 0 Å². The van der Waals surface area contributed by atoms with E-state index in [1.54, 1.807) is 30.3 Å². The fraction of sp³-hybridized carbons (Fsp3) is 0.161. The number of alkyl halides is 3. The summed E-state index contributed by atoms with van der Waals surface area (Å²) in [4.78, 5) is 13.3. The monoisotopic (exact) mass is 513 g/mol. The SMILES string of the molecule is C=Cc1ccc(-c2ccc(-c3cc(C(F)(F)F)c(C#N)c(=O)n3Cc3ccc(C)cc3C)cc2)cc1NC. The second kappa shape index (κ2) is 10.4. The van der Waals surface area contributed by atoms with Crippen molar-refractivity contribution in [1.82, 2.24) is 4.57 Å². The highest BCUT2D eigenvalue weighted by atomic mass is 19.4. The third-order valence-corrected chi connectivity index (χ3v) is 6.60. The summed E-state index contributed by atoms with van der Waals surface area (Å²) in [6.07, 6.45) is -3.11. The molecule has 1 aromatic heterocycles. The van der Waals surface area contributed by atoms with Crippen LogP contribution in [0.2, 0.25) is 0 Å². The molecule has 0 fully saturated rings. The first-order valence-corrected chi connectivity index (χ1v) is 11.9. The van der Waals surface area contributed by atoms with Crippen LogP contribution in [-0.2, 0) is 12.7 Å². The van der Waals surface area contributed by atoms with Crippen molar-refractivity contribution >= 4 is 11.8 Å². The molecule has 38 heavy (non-hydrogen) atoms. The summed E-state index contributed by atoms with van der Waals surface area (Å²) in [5, 5.41) is 12.6. The van der Waals surface area contributed by atoms with Crippen LogP contribution in [0.15, 0.2) is 78.1 Å². The average Bonchev–Trinajstić information content (AvgIpc) is 2.90. The van der Waals surface area contributed by atoms with E-state index in [0.717, 1.165) is 45.1 Å². The van der Waals surface area contributed by atoms with Crippen LogP contribution < -0.4 is 10.9 Å². The Hall–Kier alpha value is -4.57. The van der Waals surface area contributed by atoms with Gasteiger partial charge in [0.1, 0.15) is 11.6 Å². The molecule has 0 atom stereocenters. The lowest BCUT2D eigenvalue weighted by Crippen LogP contribution is -2.29. The number of anilines is 1. The quantitative estimate of drug-likeness (QED) is 0.292. The minimum absolute atomic E-state index is 0.0311. The Kier molecular flexibility index (Phi) is 7.27. The second-order valence-electron chi connectivity index (χ2n) is 9.08. The van der Waals surface area contributed by atoms with Crippen LogP contribution in [0.4, 0.5) is 18.9 Å². The number of aryl methyl sites for hydroxylation is 2. The summed E-state index contributed by atoms with van der Waals surface area (Å²) in [6, 6.07) is 20.9. The Balaban J connectivity index is 1.88. The maximum absolute atomic E-state index is 13.9. The van der Waals surface area contributed by atoms with E-state index in [2.05, 4.69) is 11.9 Å². The Morgan fingerprint density at radius 2 is 1.63 bits per heavy atom. The third-order valence-electron chi connectivity index (χ3n) is 6.60. The molecule has 4 nitrogen and oxygen atoms in total. The number of hydrogen-bond donors (Lipinski definition) is 1. The second-order valence-corrected chi connectivity index (χ2v) is 9.08. The first kappa shape index (κ1) is 26.5. The first-order chi connectivity index (χ1) is 18.1. The molecule has 192 valence electrons. The van der Waals surface area contributed by atoms with Crippen molar-refractivity contribution in [1.29, 1.82) is 5.26 Å². The zero-order valence-corrected chi connectivity index (χ0v) is 21.3. The van der Waals surface area contributed by atoms with Crippen LogP contribution in [0.5, 0.6) is 0 Å². The molecule has 0 spiro atoms. The molecule has 0 bridgehead atoms. The summed E-state index contributed by atoms with van der Waals surface area (Å²) in [5.74, 6) is 0. The zero-order chi connectivity index (χ0) is 27.6. The van der Waals surface area contributed by atoms with E-state index in [4.69, 9.17) is 0 Å². The zero-order valence-electron chi connectivity index (χ0n) is 21.3. The molecule has 0 aliphatic heterocycles. The van der Waals surface area contributed by atoms with Gasteiger partial charge in [-0.05, 0) is 59.4 Å². The van der Waals surface area contributed by atoms with E-state index in [1.807, 2.05) is 57.3 Å². The Morgan fingerprint density at radius 3 is 2.21 bits per heavy atom. The van der Waals surface area contributed by atoms with E-state index >= 15 is 0 Å². The predicted octanol–water partition coefficient (Wildman–Crippen LogP) is 7.42. The largest absolute Gasteiger partial charge is 0.417 e. The molecule has 3 aromatic carbocycles. The van der Waals surface area contributed by atoms with Gasteiger partial charge in [-0.2, -0.15) is 18.4 Å². The van der Waals surface area contributed by atoms with Gasteiger partial charge < -0.3 is 9.88 Å². The minimum atomic E-state index is -4.85. The Labute approximate surface area is 219 Å². The molecule has 0 amide bonds. The lowest BCUT2D eigenvalue weighted by molar-refractivity contribution is -0.137. The number of benzene rings is 3. The maximum Gasteiger partial charge on any atom is 0.417 e. The van der Waals surface area contributed by atoms with Crippen molar-refractivity contribution in [2.75, 3.05) is 12.4 Å². The minimum Gasteiger partial charge on any atom is -0.388 e. The van der Waals surface area contributed by atoms with Crippen LogP contribution in [0.3, 0.4) is 0 Å². The molecule has 1 N–H and O–H groups in total. The standard InChI is InChI=1S/C31H26F3N3O/c1-5-21-8-13-24(15-28(21)36-4)22-9-11-23(12-10-22)29-16-27(31(32,33)34)26(17-35)30(38)37(29)18-25-7-6-19(2)14-20(25)3/h5-16,36H,1,18H2,2-4H3. The van der Waals surface area contributed by atoms with Gasteiger partial charge in [-0.25, -0.2) is 0 Å². The van der Waals surface area contributed by atoms with E-state index in [-0.39, 0.29) is 12.2 Å². The van der Waals surface area contributed by atoms with Crippen LogP contribution in [0, 0.1) is 25.2 Å². The molecule has 0 radical (unpaired) electrons. The van der Waals surface area contributed by atoms with Gasteiger partial charge in [-0.15, -0.1) is 0 Å². The average molecular weight is 514 g/mol. The van der Waals surface area contributed by atoms with Crippen molar-refractivity contribution in [2.45, 2.75) is 26.6 Å². The molecule has 4 aromatic rings. The summed E-state index contributed by atoms with van der Waals surface area (Å²) >= 11 is 0. The van der Waals surface area contributed by atoms with Gasteiger partial charge >= 0.3 is 6.18 Å². The van der Waals surface area contributed by atoms with E-state index in [0.29, 0.717) is 5.56 Å². The third kappa shape index (κ3) is 5.12. The summed E-state index contributed by atoms with van der Waals surface area (Å²) in [5.41, 5.74) is 3.72. The molecule has 1 heterocycles. The van der Waals surface area contributed by atoms with E-state index < -0.39 is 22.9 Å². The number of nitriles is 1. The summed E-state index contributed by atoms with van der Waals surface area (Å²) in [6.45, 7) is 7.66. The molecular weight excluding hydrogens is 487 g/mol. The Bertz CT molecular complexity index is 1620. The van der Waals surface area contributed by atoms with Gasteiger partial charge in [0, 0.05) is 12.7 Å². The molecule has 0 saturated heterocycles. The van der Waals surface area contributed by atoms with E-state index in [9.17, 15) is 23.2 Å². The smallest absolute Gasteiger partial charge is 0.388 e. The fourth-order valence-electron chi connectivity index (χ4n) is 4.53. The van der Waals surface area contributed by atoms with Crippen molar-refractivity contribution < 1.29 is 13.2 Å². The number of aromatic nitrogens is 1. The van der Waals surface area contributed by atoms with Gasteiger partial charge in [0.25, 0.3) is 5.56 Å². The highest BCUT2D eigenvalue weighted by Gasteiger charge is 2.36. The van der Waals surface area contributed by atoms with Crippen LogP contribution in [0.1, 0.15) is 33.4 Å². The highest BCUT2D eigenvalue weighted by Crippen LogP contribution is 2.35. The number of hydrogen-bond acceptors (Lipinski definition) is 3. The van der Waals surface area contributed by atoms with Crippen molar-refractivity contribution in [3.05, 3.63) is 117 Å². The molecule has 4 rings (SSSR count). The molecule has 0 aliphatic carbocycles.